The lowest BCUT2D eigenvalue weighted by Gasteiger charge is -2.04. The molecular formula is C13H20N6O. The molecule has 0 amide bonds. The van der Waals surface area contributed by atoms with Crippen molar-refractivity contribution in [3.8, 4) is 0 Å². The smallest absolute Gasteiger partial charge is 0.229 e. The lowest BCUT2D eigenvalue weighted by atomic mass is 10.2. The summed E-state index contributed by atoms with van der Waals surface area (Å²) < 4.78 is 6.97. The summed E-state index contributed by atoms with van der Waals surface area (Å²) in [4.78, 5) is 4.38. The summed E-state index contributed by atoms with van der Waals surface area (Å²) in [6.07, 6.45) is 4.24. The van der Waals surface area contributed by atoms with Crippen molar-refractivity contribution in [2.24, 2.45) is 5.92 Å². The molecule has 20 heavy (non-hydrogen) atoms. The highest BCUT2D eigenvalue weighted by Gasteiger charge is 2.29. The first-order valence-corrected chi connectivity index (χ1v) is 7.13. The third-order valence-electron chi connectivity index (χ3n) is 3.16. The number of nitrogens with one attached hydrogen (secondary N) is 1. The van der Waals surface area contributed by atoms with Crippen molar-refractivity contribution in [3.63, 3.8) is 0 Å². The average Bonchev–Trinajstić information content (AvgIpc) is 3.00. The van der Waals surface area contributed by atoms with E-state index in [1.807, 2.05) is 6.20 Å². The van der Waals surface area contributed by atoms with Gasteiger partial charge in [-0.3, -0.25) is 0 Å². The molecule has 1 N–H and O–H groups in total. The SMILES string of the molecule is CC(C)CNCc1cn(Cc2noc(C3CC3)n2)nn1. The second-order valence-electron chi connectivity index (χ2n) is 5.76. The van der Waals surface area contributed by atoms with Crippen LogP contribution in [0.4, 0.5) is 0 Å². The minimum Gasteiger partial charge on any atom is -0.339 e. The molecule has 2 aromatic rings. The number of hydrogen-bond acceptors (Lipinski definition) is 6. The third-order valence-corrected chi connectivity index (χ3v) is 3.16. The number of rotatable bonds is 7. The van der Waals surface area contributed by atoms with E-state index in [1.165, 1.54) is 0 Å². The van der Waals surface area contributed by atoms with Gasteiger partial charge in [0.15, 0.2) is 5.82 Å². The molecule has 1 aliphatic carbocycles. The Morgan fingerprint density at radius 1 is 1.45 bits per heavy atom. The van der Waals surface area contributed by atoms with Gasteiger partial charge in [-0.15, -0.1) is 5.10 Å². The molecule has 0 saturated heterocycles. The Bertz CT molecular complexity index is 557. The predicted molar refractivity (Wildman–Crippen MR) is 71.9 cm³/mol. The van der Waals surface area contributed by atoms with Crippen LogP contribution in [-0.2, 0) is 13.1 Å². The van der Waals surface area contributed by atoms with Crippen LogP contribution in [0.15, 0.2) is 10.7 Å². The number of aromatic nitrogens is 5. The van der Waals surface area contributed by atoms with Gasteiger partial charge in [-0.1, -0.05) is 24.2 Å². The highest BCUT2D eigenvalue weighted by atomic mass is 16.5. The molecule has 0 aromatic carbocycles. The van der Waals surface area contributed by atoms with Crippen LogP contribution in [0.5, 0.6) is 0 Å². The average molecular weight is 276 g/mol. The van der Waals surface area contributed by atoms with Crippen LogP contribution in [0.2, 0.25) is 0 Å². The van der Waals surface area contributed by atoms with E-state index in [0.717, 1.165) is 37.5 Å². The minimum atomic E-state index is 0.489. The molecule has 0 atom stereocenters. The zero-order valence-electron chi connectivity index (χ0n) is 11.9. The third kappa shape index (κ3) is 3.41. The number of nitrogens with zero attached hydrogens (tertiary/aromatic N) is 5. The molecule has 2 aromatic heterocycles. The first kappa shape index (κ1) is 13.2. The van der Waals surface area contributed by atoms with E-state index < -0.39 is 0 Å². The van der Waals surface area contributed by atoms with E-state index in [0.29, 0.717) is 24.2 Å². The fourth-order valence-corrected chi connectivity index (χ4v) is 1.96. The fraction of sp³-hybridized carbons (Fsp3) is 0.692. The lowest BCUT2D eigenvalue weighted by Crippen LogP contribution is -2.19. The van der Waals surface area contributed by atoms with Crippen LogP contribution < -0.4 is 5.32 Å². The molecule has 0 radical (unpaired) electrons. The molecule has 1 aliphatic rings. The zero-order valence-corrected chi connectivity index (χ0v) is 11.9. The summed E-state index contributed by atoms with van der Waals surface area (Å²) in [5.41, 5.74) is 0.927. The summed E-state index contributed by atoms with van der Waals surface area (Å²) in [7, 11) is 0. The summed E-state index contributed by atoms with van der Waals surface area (Å²) in [6, 6.07) is 0. The first-order chi connectivity index (χ1) is 9.70. The van der Waals surface area contributed by atoms with Gasteiger partial charge >= 0.3 is 0 Å². The van der Waals surface area contributed by atoms with Crippen LogP contribution in [0.25, 0.3) is 0 Å². The Hall–Kier alpha value is -1.76. The highest BCUT2D eigenvalue weighted by Crippen LogP contribution is 2.38. The van der Waals surface area contributed by atoms with E-state index in [4.69, 9.17) is 4.52 Å². The standard InChI is InChI=1S/C13H20N6O/c1-9(2)5-14-6-11-7-19(18-16-11)8-12-15-13(20-17-12)10-3-4-10/h7,9-10,14H,3-6,8H2,1-2H3. The summed E-state index contributed by atoms with van der Waals surface area (Å²) in [6.45, 7) is 6.57. The maximum atomic E-state index is 5.22. The molecule has 3 rings (SSSR count). The van der Waals surface area contributed by atoms with Gasteiger partial charge in [0.05, 0.1) is 11.9 Å². The van der Waals surface area contributed by atoms with Crippen molar-refractivity contribution in [1.29, 1.82) is 0 Å². The minimum absolute atomic E-state index is 0.489. The molecule has 0 bridgehead atoms. The van der Waals surface area contributed by atoms with Crippen LogP contribution in [0.3, 0.4) is 0 Å². The Labute approximate surface area is 117 Å². The molecule has 1 saturated carbocycles. The Balaban J connectivity index is 1.53. The van der Waals surface area contributed by atoms with Crippen LogP contribution >= 0.6 is 0 Å². The molecular weight excluding hydrogens is 256 g/mol. The van der Waals surface area contributed by atoms with Gasteiger partial charge in [-0.05, 0) is 25.3 Å². The lowest BCUT2D eigenvalue weighted by molar-refractivity contribution is 0.372. The molecule has 108 valence electrons. The van der Waals surface area contributed by atoms with Crippen molar-refractivity contribution < 1.29 is 4.52 Å². The molecule has 0 spiro atoms. The summed E-state index contributed by atoms with van der Waals surface area (Å²) >= 11 is 0. The normalized spacial score (nSPS) is 15.2. The van der Waals surface area contributed by atoms with E-state index in [1.54, 1.807) is 4.68 Å². The Morgan fingerprint density at radius 3 is 3.05 bits per heavy atom. The Morgan fingerprint density at radius 2 is 2.30 bits per heavy atom. The van der Waals surface area contributed by atoms with Crippen LogP contribution in [0, 0.1) is 5.92 Å². The molecule has 7 heteroatoms. The molecule has 7 nitrogen and oxygen atoms in total. The maximum Gasteiger partial charge on any atom is 0.229 e. The predicted octanol–water partition coefficient (Wildman–Crippen LogP) is 1.33. The van der Waals surface area contributed by atoms with Crippen molar-refractivity contribution in [3.05, 3.63) is 23.6 Å². The van der Waals surface area contributed by atoms with Gasteiger partial charge in [0.2, 0.25) is 5.89 Å². The van der Waals surface area contributed by atoms with Crippen molar-refractivity contribution >= 4 is 0 Å². The zero-order chi connectivity index (χ0) is 13.9. The second kappa shape index (κ2) is 5.70. The van der Waals surface area contributed by atoms with E-state index >= 15 is 0 Å². The fourth-order valence-electron chi connectivity index (χ4n) is 1.96. The van der Waals surface area contributed by atoms with Crippen LogP contribution in [-0.4, -0.2) is 31.7 Å². The van der Waals surface area contributed by atoms with Crippen LogP contribution in [0.1, 0.15) is 50.0 Å². The summed E-state index contributed by atoms with van der Waals surface area (Å²) in [5.74, 6) is 2.55. The summed E-state index contributed by atoms with van der Waals surface area (Å²) in [5, 5.41) is 15.5. The Kier molecular flexibility index (Phi) is 3.77. The van der Waals surface area contributed by atoms with Crippen molar-refractivity contribution in [2.45, 2.75) is 45.7 Å². The molecule has 1 fully saturated rings. The van der Waals surface area contributed by atoms with Gasteiger partial charge in [-0.25, -0.2) is 4.68 Å². The van der Waals surface area contributed by atoms with E-state index in [9.17, 15) is 0 Å². The highest BCUT2D eigenvalue weighted by molar-refractivity contribution is 5.02. The topological polar surface area (TPSA) is 81.7 Å². The molecule has 0 aliphatic heterocycles. The van der Waals surface area contributed by atoms with E-state index in [-0.39, 0.29) is 0 Å². The largest absolute Gasteiger partial charge is 0.339 e. The quantitative estimate of drug-likeness (QED) is 0.821. The van der Waals surface area contributed by atoms with Crippen molar-refractivity contribution in [2.75, 3.05) is 6.54 Å². The number of hydrogen-bond donors (Lipinski definition) is 1. The van der Waals surface area contributed by atoms with Gasteiger partial charge in [0, 0.05) is 12.5 Å². The maximum absolute atomic E-state index is 5.22. The molecule has 2 heterocycles. The first-order valence-electron chi connectivity index (χ1n) is 7.13. The van der Waals surface area contributed by atoms with Gasteiger partial charge in [-0.2, -0.15) is 4.98 Å². The van der Waals surface area contributed by atoms with E-state index in [2.05, 4.69) is 39.6 Å². The van der Waals surface area contributed by atoms with Gasteiger partial charge in [0.1, 0.15) is 6.54 Å². The monoisotopic (exact) mass is 276 g/mol. The second-order valence-corrected chi connectivity index (χ2v) is 5.76. The van der Waals surface area contributed by atoms with Gasteiger partial charge in [0.25, 0.3) is 0 Å². The van der Waals surface area contributed by atoms with Crippen molar-refractivity contribution in [1.82, 2.24) is 30.5 Å². The van der Waals surface area contributed by atoms with Gasteiger partial charge < -0.3 is 9.84 Å². The molecule has 0 unspecified atom stereocenters.